The SMILES string of the molecule is CCCNCC1CCCc2sc(C3(C)CCCCO3)nc21. The third kappa shape index (κ3) is 3.33. The van der Waals surface area contributed by atoms with Gasteiger partial charge in [-0.15, -0.1) is 11.3 Å². The topological polar surface area (TPSA) is 34.1 Å². The normalized spacial score (nSPS) is 29.3. The summed E-state index contributed by atoms with van der Waals surface area (Å²) in [6.07, 6.45) is 8.60. The maximum absolute atomic E-state index is 6.10. The zero-order chi connectivity index (χ0) is 14.7. The van der Waals surface area contributed by atoms with E-state index in [2.05, 4.69) is 19.2 Å². The van der Waals surface area contributed by atoms with Crippen molar-refractivity contribution in [2.24, 2.45) is 0 Å². The van der Waals surface area contributed by atoms with Gasteiger partial charge in [0.25, 0.3) is 0 Å². The molecule has 0 aromatic carbocycles. The van der Waals surface area contributed by atoms with E-state index in [0.29, 0.717) is 5.92 Å². The van der Waals surface area contributed by atoms with Crippen LogP contribution in [0.15, 0.2) is 0 Å². The molecule has 1 fully saturated rings. The molecule has 1 saturated heterocycles. The van der Waals surface area contributed by atoms with E-state index in [4.69, 9.17) is 9.72 Å². The van der Waals surface area contributed by atoms with Gasteiger partial charge in [0.1, 0.15) is 10.6 Å². The summed E-state index contributed by atoms with van der Waals surface area (Å²) >= 11 is 1.92. The summed E-state index contributed by atoms with van der Waals surface area (Å²) < 4.78 is 6.10. The van der Waals surface area contributed by atoms with Crippen LogP contribution in [-0.2, 0) is 16.8 Å². The number of thiazole rings is 1. The second kappa shape index (κ2) is 6.76. The zero-order valence-corrected chi connectivity index (χ0v) is 14.2. The summed E-state index contributed by atoms with van der Waals surface area (Å²) in [5.74, 6) is 0.609. The van der Waals surface area contributed by atoms with Crippen molar-refractivity contribution in [3.8, 4) is 0 Å². The molecule has 21 heavy (non-hydrogen) atoms. The largest absolute Gasteiger partial charge is 0.368 e. The van der Waals surface area contributed by atoms with Crippen LogP contribution in [0.1, 0.15) is 73.9 Å². The molecule has 3 nitrogen and oxygen atoms in total. The third-order valence-corrected chi connectivity index (χ3v) is 6.19. The second-order valence-corrected chi connectivity index (χ2v) is 7.74. The summed E-state index contributed by atoms with van der Waals surface area (Å²) in [7, 11) is 0. The Bertz CT molecular complexity index is 465. The minimum atomic E-state index is -0.123. The van der Waals surface area contributed by atoms with Crippen molar-refractivity contribution in [3.63, 3.8) is 0 Å². The van der Waals surface area contributed by atoms with Crippen LogP contribution in [0.5, 0.6) is 0 Å². The van der Waals surface area contributed by atoms with Crippen molar-refractivity contribution in [1.82, 2.24) is 10.3 Å². The fourth-order valence-electron chi connectivity index (χ4n) is 3.49. The number of hydrogen-bond donors (Lipinski definition) is 1. The summed E-state index contributed by atoms with van der Waals surface area (Å²) in [5.41, 5.74) is 1.25. The van der Waals surface area contributed by atoms with Gasteiger partial charge in [-0.2, -0.15) is 0 Å². The molecular weight excluding hydrogens is 280 g/mol. The smallest absolute Gasteiger partial charge is 0.125 e. The van der Waals surface area contributed by atoms with Gasteiger partial charge in [0, 0.05) is 23.9 Å². The molecule has 0 spiro atoms. The van der Waals surface area contributed by atoms with Gasteiger partial charge >= 0.3 is 0 Å². The molecule has 0 radical (unpaired) electrons. The molecule has 1 aliphatic heterocycles. The van der Waals surface area contributed by atoms with Crippen LogP contribution < -0.4 is 5.32 Å². The Morgan fingerprint density at radius 3 is 3.05 bits per heavy atom. The first-order chi connectivity index (χ1) is 10.2. The Morgan fingerprint density at radius 1 is 1.38 bits per heavy atom. The van der Waals surface area contributed by atoms with Gasteiger partial charge in [-0.25, -0.2) is 4.98 Å². The predicted molar refractivity (Wildman–Crippen MR) is 88.1 cm³/mol. The molecule has 2 unspecified atom stereocenters. The maximum Gasteiger partial charge on any atom is 0.125 e. The van der Waals surface area contributed by atoms with Crippen molar-refractivity contribution in [2.45, 2.75) is 70.3 Å². The lowest BCUT2D eigenvalue weighted by Gasteiger charge is -2.31. The van der Waals surface area contributed by atoms with E-state index < -0.39 is 0 Å². The first-order valence-electron chi connectivity index (χ1n) is 8.57. The van der Waals surface area contributed by atoms with Gasteiger partial charge < -0.3 is 10.1 Å². The van der Waals surface area contributed by atoms with Crippen LogP contribution in [0.4, 0.5) is 0 Å². The van der Waals surface area contributed by atoms with Gasteiger partial charge in [0.05, 0.1) is 5.69 Å². The highest BCUT2D eigenvalue weighted by Crippen LogP contribution is 2.42. The number of nitrogens with one attached hydrogen (secondary N) is 1. The van der Waals surface area contributed by atoms with Gasteiger partial charge in [-0.1, -0.05) is 6.92 Å². The first kappa shape index (κ1) is 15.4. The second-order valence-electron chi connectivity index (χ2n) is 6.66. The molecule has 0 bridgehead atoms. The number of aryl methyl sites for hydroxylation is 1. The Hall–Kier alpha value is -0.450. The molecule has 0 amide bonds. The fourth-order valence-corrected chi connectivity index (χ4v) is 4.81. The summed E-state index contributed by atoms with van der Waals surface area (Å²) in [6, 6.07) is 0. The molecular formula is C17H28N2OS. The van der Waals surface area contributed by atoms with E-state index in [1.165, 1.54) is 54.1 Å². The average molecular weight is 308 g/mol. The standard InChI is InChI=1S/C17H28N2OS/c1-3-10-18-12-13-7-6-8-14-15(13)19-16(21-14)17(2)9-4-5-11-20-17/h13,18H,3-12H2,1-2H3. The monoisotopic (exact) mass is 308 g/mol. The number of aromatic nitrogens is 1. The highest BCUT2D eigenvalue weighted by Gasteiger charge is 2.35. The van der Waals surface area contributed by atoms with Crippen molar-refractivity contribution in [1.29, 1.82) is 0 Å². The van der Waals surface area contributed by atoms with Crippen LogP contribution in [0.25, 0.3) is 0 Å². The molecule has 1 aromatic rings. The zero-order valence-electron chi connectivity index (χ0n) is 13.4. The van der Waals surface area contributed by atoms with Crippen molar-refractivity contribution < 1.29 is 4.74 Å². The summed E-state index contributed by atoms with van der Waals surface area (Å²) in [5, 5.41) is 4.81. The highest BCUT2D eigenvalue weighted by molar-refractivity contribution is 7.11. The number of fused-ring (bicyclic) bond motifs is 1. The lowest BCUT2D eigenvalue weighted by atomic mass is 9.90. The van der Waals surface area contributed by atoms with E-state index in [-0.39, 0.29) is 5.60 Å². The molecule has 1 N–H and O–H groups in total. The number of rotatable bonds is 5. The van der Waals surface area contributed by atoms with Crippen molar-refractivity contribution in [3.05, 3.63) is 15.6 Å². The highest BCUT2D eigenvalue weighted by atomic mass is 32.1. The Kier molecular flexibility index (Phi) is 4.97. The van der Waals surface area contributed by atoms with Gasteiger partial charge in [-0.05, 0) is 58.4 Å². The Morgan fingerprint density at radius 2 is 2.29 bits per heavy atom. The van der Waals surface area contributed by atoms with E-state index >= 15 is 0 Å². The van der Waals surface area contributed by atoms with Gasteiger partial charge in [-0.3, -0.25) is 0 Å². The fraction of sp³-hybridized carbons (Fsp3) is 0.824. The lowest BCUT2D eigenvalue weighted by Crippen LogP contribution is -2.30. The quantitative estimate of drug-likeness (QED) is 0.836. The van der Waals surface area contributed by atoms with Crippen LogP contribution in [0.3, 0.4) is 0 Å². The Balaban J connectivity index is 1.77. The number of nitrogens with zero attached hydrogens (tertiary/aromatic N) is 1. The third-order valence-electron chi connectivity index (χ3n) is 4.81. The van der Waals surface area contributed by atoms with Crippen molar-refractivity contribution in [2.75, 3.05) is 19.7 Å². The molecule has 4 heteroatoms. The van der Waals surface area contributed by atoms with Gasteiger partial charge in [0.2, 0.25) is 0 Å². The van der Waals surface area contributed by atoms with E-state index in [9.17, 15) is 0 Å². The maximum atomic E-state index is 6.10. The molecule has 1 aromatic heterocycles. The molecule has 3 rings (SSSR count). The molecule has 1 aliphatic carbocycles. The summed E-state index contributed by atoms with van der Waals surface area (Å²) in [4.78, 5) is 6.58. The molecule has 0 saturated carbocycles. The van der Waals surface area contributed by atoms with Crippen LogP contribution in [0, 0.1) is 0 Å². The minimum Gasteiger partial charge on any atom is -0.368 e. The van der Waals surface area contributed by atoms with Crippen LogP contribution in [0.2, 0.25) is 0 Å². The van der Waals surface area contributed by atoms with E-state index in [0.717, 1.165) is 26.1 Å². The Labute approximate surface area is 132 Å². The summed E-state index contributed by atoms with van der Waals surface area (Å²) in [6.45, 7) is 7.55. The minimum absolute atomic E-state index is 0.123. The van der Waals surface area contributed by atoms with Crippen LogP contribution >= 0.6 is 11.3 Å². The van der Waals surface area contributed by atoms with Crippen molar-refractivity contribution >= 4 is 11.3 Å². The first-order valence-corrected chi connectivity index (χ1v) is 9.39. The van der Waals surface area contributed by atoms with Gasteiger partial charge in [0.15, 0.2) is 0 Å². The molecule has 2 heterocycles. The number of hydrogen-bond acceptors (Lipinski definition) is 4. The lowest BCUT2D eigenvalue weighted by molar-refractivity contribution is -0.0703. The average Bonchev–Trinajstić information content (AvgIpc) is 2.94. The number of ether oxygens (including phenoxy) is 1. The van der Waals surface area contributed by atoms with E-state index in [1.807, 2.05) is 11.3 Å². The van der Waals surface area contributed by atoms with E-state index in [1.54, 1.807) is 0 Å². The molecule has 2 atom stereocenters. The predicted octanol–water partition coefficient (Wildman–Crippen LogP) is 3.98. The van der Waals surface area contributed by atoms with Crippen LogP contribution in [-0.4, -0.2) is 24.7 Å². The molecule has 118 valence electrons. The molecule has 2 aliphatic rings.